The molecular weight excluding hydrogens is 238 g/mol. The van der Waals surface area contributed by atoms with Crippen LogP contribution < -0.4 is 0 Å². The van der Waals surface area contributed by atoms with Gasteiger partial charge in [-0.2, -0.15) is 0 Å². The van der Waals surface area contributed by atoms with Crippen molar-refractivity contribution in [3.8, 4) is 0 Å². The van der Waals surface area contributed by atoms with E-state index in [1.54, 1.807) is 6.20 Å². The summed E-state index contributed by atoms with van der Waals surface area (Å²) in [6.07, 6.45) is 6.60. The molecule has 0 atom stereocenters. The van der Waals surface area contributed by atoms with Crippen LogP contribution in [0.1, 0.15) is 5.56 Å². The van der Waals surface area contributed by atoms with Gasteiger partial charge < -0.3 is 9.67 Å². The van der Waals surface area contributed by atoms with Crippen molar-refractivity contribution in [3.63, 3.8) is 0 Å². The quantitative estimate of drug-likeness (QED) is 0.779. The molecule has 0 spiro atoms. The highest BCUT2D eigenvalue weighted by Gasteiger charge is 2.04. The lowest BCUT2D eigenvalue weighted by molar-refractivity contribution is 0.192. The van der Waals surface area contributed by atoms with E-state index in [9.17, 15) is 0 Å². The molecular formula is C15H21N3O. The number of hydrogen-bond donors (Lipinski definition) is 1. The number of nitrogens with zero attached hydrogens (tertiary/aromatic N) is 3. The van der Waals surface area contributed by atoms with Crippen LogP contribution in [-0.4, -0.2) is 45.8 Å². The average Bonchev–Trinajstić information content (AvgIpc) is 2.96. The molecule has 19 heavy (non-hydrogen) atoms. The molecule has 4 nitrogen and oxygen atoms in total. The molecule has 2 aromatic rings. The van der Waals surface area contributed by atoms with Gasteiger partial charge in [0, 0.05) is 38.6 Å². The highest BCUT2D eigenvalue weighted by atomic mass is 16.3. The molecule has 0 aliphatic rings. The Hall–Kier alpha value is -1.65. The molecule has 1 aromatic heterocycles. The second kappa shape index (κ2) is 7.71. The molecule has 0 saturated heterocycles. The van der Waals surface area contributed by atoms with Gasteiger partial charge in [-0.3, -0.25) is 4.90 Å². The lowest BCUT2D eigenvalue weighted by Crippen LogP contribution is -2.32. The standard InChI is InChI=1S/C15H21N3O/c19-13-12-17(10-11-18-9-7-16-14-18)8-6-15-4-2-1-3-5-15/h1-5,7,9,14,19H,6,8,10-13H2. The Morgan fingerprint density at radius 3 is 2.63 bits per heavy atom. The molecule has 1 heterocycles. The number of aliphatic hydroxyl groups excluding tert-OH is 1. The second-order valence-electron chi connectivity index (χ2n) is 4.60. The van der Waals surface area contributed by atoms with E-state index in [1.165, 1.54) is 5.56 Å². The third kappa shape index (κ3) is 4.85. The summed E-state index contributed by atoms with van der Waals surface area (Å²) in [5, 5.41) is 9.13. The number of benzene rings is 1. The summed E-state index contributed by atoms with van der Waals surface area (Å²) in [5.41, 5.74) is 1.34. The van der Waals surface area contributed by atoms with Gasteiger partial charge in [0.1, 0.15) is 0 Å². The predicted octanol–water partition coefficient (Wildman–Crippen LogP) is 1.42. The van der Waals surface area contributed by atoms with E-state index in [0.717, 1.165) is 32.6 Å². The second-order valence-corrected chi connectivity index (χ2v) is 4.60. The first-order chi connectivity index (χ1) is 9.38. The Balaban J connectivity index is 1.78. The zero-order valence-corrected chi connectivity index (χ0v) is 11.2. The van der Waals surface area contributed by atoms with Crippen molar-refractivity contribution in [1.29, 1.82) is 0 Å². The normalized spacial score (nSPS) is 11.1. The molecule has 4 heteroatoms. The fourth-order valence-corrected chi connectivity index (χ4v) is 2.08. The fraction of sp³-hybridized carbons (Fsp3) is 0.400. The van der Waals surface area contributed by atoms with Gasteiger partial charge >= 0.3 is 0 Å². The molecule has 0 aliphatic carbocycles. The van der Waals surface area contributed by atoms with E-state index in [-0.39, 0.29) is 6.61 Å². The smallest absolute Gasteiger partial charge is 0.0946 e. The lowest BCUT2D eigenvalue weighted by Gasteiger charge is -2.21. The van der Waals surface area contributed by atoms with Gasteiger partial charge in [-0.05, 0) is 12.0 Å². The topological polar surface area (TPSA) is 41.3 Å². The molecule has 0 saturated carbocycles. The largest absolute Gasteiger partial charge is 0.395 e. The van der Waals surface area contributed by atoms with E-state index in [2.05, 4.69) is 38.7 Å². The molecule has 102 valence electrons. The first-order valence-corrected chi connectivity index (χ1v) is 6.71. The number of rotatable bonds is 8. The minimum Gasteiger partial charge on any atom is -0.395 e. The molecule has 0 radical (unpaired) electrons. The first kappa shape index (κ1) is 13.8. The highest BCUT2D eigenvalue weighted by Crippen LogP contribution is 2.02. The summed E-state index contributed by atoms with van der Waals surface area (Å²) >= 11 is 0. The van der Waals surface area contributed by atoms with Crippen molar-refractivity contribution in [2.24, 2.45) is 0 Å². The van der Waals surface area contributed by atoms with Gasteiger partial charge in [0.15, 0.2) is 0 Å². The molecule has 0 fully saturated rings. The summed E-state index contributed by atoms with van der Waals surface area (Å²) in [5.74, 6) is 0. The SMILES string of the molecule is OCCN(CCc1ccccc1)CCn1ccnc1. The van der Waals surface area contributed by atoms with Crippen molar-refractivity contribution >= 4 is 0 Å². The van der Waals surface area contributed by atoms with Crippen LogP contribution in [0.25, 0.3) is 0 Å². The summed E-state index contributed by atoms with van der Waals surface area (Å²) in [4.78, 5) is 6.32. The third-order valence-corrected chi connectivity index (χ3v) is 3.21. The summed E-state index contributed by atoms with van der Waals surface area (Å²) in [6, 6.07) is 10.5. The molecule has 0 aliphatic heterocycles. The minimum absolute atomic E-state index is 0.207. The van der Waals surface area contributed by atoms with Gasteiger partial charge in [-0.15, -0.1) is 0 Å². The third-order valence-electron chi connectivity index (χ3n) is 3.21. The van der Waals surface area contributed by atoms with Crippen LogP contribution in [0.3, 0.4) is 0 Å². The molecule has 0 unspecified atom stereocenters. The minimum atomic E-state index is 0.207. The molecule has 1 aromatic carbocycles. The molecule has 1 N–H and O–H groups in total. The van der Waals surface area contributed by atoms with Gasteiger partial charge in [-0.25, -0.2) is 4.98 Å². The Bertz CT molecular complexity index is 442. The van der Waals surface area contributed by atoms with Gasteiger partial charge in [0.25, 0.3) is 0 Å². The maximum Gasteiger partial charge on any atom is 0.0946 e. The molecule has 0 amide bonds. The number of aliphatic hydroxyl groups is 1. The van der Waals surface area contributed by atoms with Crippen molar-refractivity contribution in [2.75, 3.05) is 26.2 Å². The van der Waals surface area contributed by atoms with E-state index >= 15 is 0 Å². The van der Waals surface area contributed by atoms with Crippen molar-refractivity contribution < 1.29 is 5.11 Å². The summed E-state index contributed by atoms with van der Waals surface area (Å²) in [7, 11) is 0. The average molecular weight is 259 g/mol. The Morgan fingerprint density at radius 1 is 1.11 bits per heavy atom. The van der Waals surface area contributed by atoms with Crippen LogP contribution in [0, 0.1) is 0 Å². The van der Waals surface area contributed by atoms with E-state index in [1.807, 2.05) is 18.6 Å². The zero-order valence-electron chi connectivity index (χ0n) is 11.2. The predicted molar refractivity (Wildman–Crippen MR) is 75.9 cm³/mol. The van der Waals surface area contributed by atoms with Gasteiger partial charge in [-0.1, -0.05) is 30.3 Å². The first-order valence-electron chi connectivity index (χ1n) is 6.71. The van der Waals surface area contributed by atoms with Crippen molar-refractivity contribution in [3.05, 3.63) is 54.6 Å². The van der Waals surface area contributed by atoms with Crippen LogP contribution in [0.5, 0.6) is 0 Å². The van der Waals surface area contributed by atoms with E-state index in [0.29, 0.717) is 0 Å². The van der Waals surface area contributed by atoms with Crippen LogP contribution in [0.2, 0.25) is 0 Å². The zero-order chi connectivity index (χ0) is 13.3. The van der Waals surface area contributed by atoms with Gasteiger partial charge in [0.2, 0.25) is 0 Å². The van der Waals surface area contributed by atoms with E-state index < -0.39 is 0 Å². The van der Waals surface area contributed by atoms with Crippen molar-refractivity contribution in [1.82, 2.24) is 14.5 Å². The van der Waals surface area contributed by atoms with Crippen molar-refractivity contribution in [2.45, 2.75) is 13.0 Å². The van der Waals surface area contributed by atoms with Gasteiger partial charge in [0.05, 0.1) is 12.9 Å². The maximum atomic E-state index is 9.13. The Morgan fingerprint density at radius 2 is 1.95 bits per heavy atom. The highest BCUT2D eigenvalue weighted by molar-refractivity contribution is 5.14. The molecule has 2 rings (SSSR count). The Labute approximate surface area is 114 Å². The lowest BCUT2D eigenvalue weighted by atomic mass is 10.1. The monoisotopic (exact) mass is 259 g/mol. The summed E-state index contributed by atoms with van der Waals surface area (Å²) in [6.45, 7) is 3.75. The van der Waals surface area contributed by atoms with E-state index in [4.69, 9.17) is 5.11 Å². The number of aromatic nitrogens is 2. The van der Waals surface area contributed by atoms with Crippen LogP contribution in [0.15, 0.2) is 49.1 Å². The maximum absolute atomic E-state index is 9.13. The van der Waals surface area contributed by atoms with Crippen LogP contribution >= 0.6 is 0 Å². The summed E-state index contributed by atoms with van der Waals surface area (Å²) < 4.78 is 2.06. The Kier molecular flexibility index (Phi) is 5.59. The van der Waals surface area contributed by atoms with Crippen LogP contribution in [-0.2, 0) is 13.0 Å². The molecule has 0 bridgehead atoms. The fourth-order valence-electron chi connectivity index (χ4n) is 2.08. The number of hydrogen-bond acceptors (Lipinski definition) is 3. The van der Waals surface area contributed by atoms with Crippen LogP contribution in [0.4, 0.5) is 0 Å². The number of imidazole rings is 1.